The summed E-state index contributed by atoms with van der Waals surface area (Å²) < 4.78 is 24.3. The Bertz CT molecular complexity index is 853. The van der Waals surface area contributed by atoms with E-state index in [1.807, 2.05) is 24.3 Å². The van der Waals surface area contributed by atoms with Crippen molar-refractivity contribution in [3.05, 3.63) is 64.7 Å². The van der Waals surface area contributed by atoms with Crippen molar-refractivity contribution in [1.82, 2.24) is 5.32 Å². The molecule has 0 bridgehead atoms. The quantitative estimate of drug-likeness (QED) is 0.750. The Morgan fingerprint density at radius 3 is 2.56 bits per heavy atom. The lowest BCUT2D eigenvalue weighted by Gasteiger charge is -2.17. The summed E-state index contributed by atoms with van der Waals surface area (Å²) in [7, 11) is -1.91. The summed E-state index contributed by atoms with van der Waals surface area (Å²) in [6.07, 6.45) is 2.66. The maximum absolute atomic E-state index is 12.2. The van der Waals surface area contributed by atoms with E-state index in [1.165, 1.54) is 7.05 Å². The summed E-state index contributed by atoms with van der Waals surface area (Å²) in [5.41, 5.74) is 1.92. The number of hydrogen-bond acceptors (Lipinski definition) is 3. The van der Waals surface area contributed by atoms with Crippen molar-refractivity contribution >= 4 is 33.2 Å². The second-order valence-corrected chi connectivity index (χ2v) is 8.15. The van der Waals surface area contributed by atoms with Gasteiger partial charge in [0.05, 0.1) is 11.9 Å². The number of amides is 1. The van der Waals surface area contributed by atoms with Gasteiger partial charge in [0.25, 0.3) is 5.91 Å². The number of nitrogens with one attached hydrogen (secondary N) is 1. The molecular formula is C18H21ClN2O3S. The zero-order valence-corrected chi connectivity index (χ0v) is 15.8. The lowest BCUT2D eigenvalue weighted by molar-refractivity contribution is 0.0953. The third kappa shape index (κ3) is 5.47. The van der Waals surface area contributed by atoms with Gasteiger partial charge >= 0.3 is 0 Å². The third-order valence-electron chi connectivity index (χ3n) is 3.84. The van der Waals surface area contributed by atoms with Crippen molar-refractivity contribution in [3.8, 4) is 0 Å². The minimum atomic E-state index is -3.36. The molecule has 0 saturated carbocycles. The molecular weight excluding hydrogens is 360 g/mol. The lowest BCUT2D eigenvalue weighted by Crippen LogP contribution is -2.27. The van der Waals surface area contributed by atoms with E-state index in [-0.39, 0.29) is 5.91 Å². The van der Waals surface area contributed by atoms with Crippen molar-refractivity contribution in [2.24, 2.45) is 0 Å². The number of hydrogen-bond donors (Lipinski definition) is 1. The van der Waals surface area contributed by atoms with Gasteiger partial charge < -0.3 is 5.32 Å². The second-order valence-electron chi connectivity index (χ2n) is 5.73. The van der Waals surface area contributed by atoms with Crippen LogP contribution < -0.4 is 9.62 Å². The fourth-order valence-electron chi connectivity index (χ4n) is 2.32. The van der Waals surface area contributed by atoms with Crippen LogP contribution in [0.15, 0.2) is 48.5 Å². The number of carbonyl (C=O) groups is 1. The number of aryl methyl sites for hydroxylation is 1. The van der Waals surface area contributed by atoms with Crippen LogP contribution in [0.3, 0.4) is 0 Å². The molecule has 0 unspecified atom stereocenters. The van der Waals surface area contributed by atoms with E-state index in [1.54, 1.807) is 24.3 Å². The summed E-state index contributed by atoms with van der Waals surface area (Å²) in [5, 5.41) is 3.57. The number of anilines is 1. The monoisotopic (exact) mass is 380 g/mol. The first kappa shape index (κ1) is 19.3. The molecule has 2 aromatic rings. The first-order valence-electron chi connectivity index (χ1n) is 7.84. The minimum absolute atomic E-state index is 0.233. The number of rotatable bonds is 7. The Balaban J connectivity index is 1.92. The molecule has 0 fully saturated rings. The van der Waals surface area contributed by atoms with Crippen molar-refractivity contribution in [3.63, 3.8) is 0 Å². The number of benzene rings is 2. The molecule has 0 aliphatic heterocycles. The largest absolute Gasteiger partial charge is 0.352 e. The summed E-state index contributed by atoms with van der Waals surface area (Å²) in [4.78, 5) is 12.2. The minimum Gasteiger partial charge on any atom is -0.352 e. The number of halogens is 1. The summed E-state index contributed by atoms with van der Waals surface area (Å²) >= 11 is 6.10. The highest BCUT2D eigenvalue weighted by Crippen LogP contribution is 2.18. The molecule has 7 heteroatoms. The van der Waals surface area contributed by atoms with Crippen LogP contribution in [0.2, 0.25) is 5.02 Å². The topological polar surface area (TPSA) is 66.5 Å². The predicted octanol–water partition coefficient (Wildman–Crippen LogP) is 3.10. The zero-order valence-electron chi connectivity index (χ0n) is 14.2. The Morgan fingerprint density at radius 2 is 1.88 bits per heavy atom. The molecule has 0 saturated heterocycles. The van der Waals surface area contributed by atoms with Gasteiger partial charge in [0.2, 0.25) is 10.0 Å². The van der Waals surface area contributed by atoms with E-state index >= 15 is 0 Å². The molecule has 0 heterocycles. The highest BCUT2D eigenvalue weighted by atomic mass is 35.5. The summed E-state index contributed by atoms with van der Waals surface area (Å²) in [6, 6.07) is 14.2. The van der Waals surface area contributed by atoms with Gasteiger partial charge in [-0.15, -0.1) is 0 Å². The molecule has 0 radical (unpaired) electrons. The molecule has 5 nitrogen and oxygen atoms in total. The highest BCUT2D eigenvalue weighted by Gasteiger charge is 2.14. The molecule has 134 valence electrons. The van der Waals surface area contributed by atoms with Gasteiger partial charge in [0, 0.05) is 24.2 Å². The van der Waals surface area contributed by atoms with Crippen molar-refractivity contribution in [1.29, 1.82) is 0 Å². The maximum atomic E-state index is 12.2. The fraction of sp³-hybridized carbons (Fsp3) is 0.278. The van der Waals surface area contributed by atoms with Gasteiger partial charge in [-0.2, -0.15) is 0 Å². The van der Waals surface area contributed by atoms with Gasteiger partial charge in [-0.05, 0) is 42.7 Å². The van der Waals surface area contributed by atoms with Gasteiger partial charge in [0.15, 0.2) is 0 Å². The molecule has 1 amide bonds. The third-order valence-corrected chi connectivity index (χ3v) is 5.41. The number of nitrogens with zero attached hydrogens (tertiary/aromatic N) is 1. The molecule has 25 heavy (non-hydrogen) atoms. The molecule has 2 aromatic carbocycles. The average molecular weight is 381 g/mol. The van der Waals surface area contributed by atoms with E-state index in [0.717, 1.165) is 34.0 Å². The molecule has 0 spiro atoms. The van der Waals surface area contributed by atoms with Crippen LogP contribution in [0, 0.1) is 0 Å². The fourth-order valence-corrected chi connectivity index (χ4v) is 3.05. The van der Waals surface area contributed by atoms with Crippen LogP contribution in [0.5, 0.6) is 0 Å². The smallest absolute Gasteiger partial charge is 0.251 e. The molecule has 0 aliphatic carbocycles. The first-order valence-corrected chi connectivity index (χ1v) is 10.1. The number of sulfonamides is 1. The summed E-state index contributed by atoms with van der Waals surface area (Å²) in [5.74, 6) is -0.233. The van der Waals surface area contributed by atoms with E-state index in [4.69, 9.17) is 11.6 Å². The molecule has 1 N–H and O–H groups in total. The van der Waals surface area contributed by atoms with Gasteiger partial charge in [-0.3, -0.25) is 9.10 Å². The Morgan fingerprint density at radius 1 is 1.16 bits per heavy atom. The normalized spacial score (nSPS) is 11.2. The maximum Gasteiger partial charge on any atom is 0.251 e. The van der Waals surface area contributed by atoms with Crippen molar-refractivity contribution in [2.45, 2.75) is 12.8 Å². The molecule has 0 atom stereocenters. The SMILES string of the molecule is CN(c1cccc(C(=O)NCCCc2ccccc2Cl)c1)S(C)(=O)=O. The second kappa shape index (κ2) is 8.36. The van der Waals surface area contributed by atoms with Crippen LogP contribution in [0.25, 0.3) is 0 Å². The van der Waals surface area contributed by atoms with Crippen LogP contribution >= 0.6 is 11.6 Å². The summed E-state index contributed by atoms with van der Waals surface area (Å²) in [6.45, 7) is 0.510. The van der Waals surface area contributed by atoms with Gasteiger partial charge in [0.1, 0.15) is 0 Å². The first-order chi connectivity index (χ1) is 11.8. The highest BCUT2D eigenvalue weighted by molar-refractivity contribution is 7.92. The van der Waals surface area contributed by atoms with Crippen LogP contribution in [0.1, 0.15) is 22.3 Å². The van der Waals surface area contributed by atoms with E-state index in [0.29, 0.717) is 17.8 Å². The zero-order chi connectivity index (χ0) is 18.4. The van der Waals surface area contributed by atoms with Gasteiger partial charge in [-0.25, -0.2) is 8.42 Å². The Labute approximate surface area is 153 Å². The van der Waals surface area contributed by atoms with Crippen molar-refractivity contribution < 1.29 is 13.2 Å². The van der Waals surface area contributed by atoms with E-state index in [9.17, 15) is 13.2 Å². The van der Waals surface area contributed by atoms with Crippen molar-refractivity contribution in [2.75, 3.05) is 24.2 Å². The van der Waals surface area contributed by atoms with Crippen LogP contribution in [0.4, 0.5) is 5.69 Å². The van der Waals surface area contributed by atoms with Gasteiger partial charge in [-0.1, -0.05) is 35.9 Å². The van der Waals surface area contributed by atoms with Crippen LogP contribution in [-0.2, 0) is 16.4 Å². The Hall–Kier alpha value is -2.05. The molecule has 0 aliphatic rings. The molecule has 2 rings (SSSR count). The lowest BCUT2D eigenvalue weighted by atomic mass is 10.1. The molecule has 0 aromatic heterocycles. The Kier molecular flexibility index (Phi) is 6.45. The standard InChI is InChI=1S/C18H21ClN2O3S/c1-21(25(2,23)24)16-10-5-8-15(13-16)18(22)20-12-6-9-14-7-3-4-11-17(14)19/h3-5,7-8,10-11,13H,6,9,12H2,1-2H3,(H,20,22). The number of carbonyl (C=O) groups excluding carboxylic acids is 1. The van der Waals surface area contributed by atoms with Crippen LogP contribution in [-0.4, -0.2) is 34.2 Å². The predicted molar refractivity (Wildman–Crippen MR) is 102 cm³/mol. The van der Waals surface area contributed by atoms with E-state index < -0.39 is 10.0 Å². The average Bonchev–Trinajstić information content (AvgIpc) is 2.58. The van der Waals surface area contributed by atoms with E-state index in [2.05, 4.69) is 5.32 Å².